The van der Waals surface area contributed by atoms with Gasteiger partial charge in [0.05, 0.1) is 6.04 Å². The third kappa shape index (κ3) is 2.96. The number of carboxylic acids is 1. The Bertz CT molecular complexity index is 500. The lowest BCUT2D eigenvalue weighted by Gasteiger charge is -2.21. The molecule has 0 spiro atoms. The highest BCUT2D eigenvalue weighted by atomic mass is 16.6. The molecule has 0 fully saturated rings. The van der Waals surface area contributed by atoms with Gasteiger partial charge in [-0.2, -0.15) is 0 Å². The highest BCUT2D eigenvalue weighted by Gasteiger charge is 2.20. The summed E-state index contributed by atoms with van der Waals surface area (Å²) in [6, 6.07) is 4.97. The van der Waals surface area contributed by atoms with Crippen LogP contribution in [0.5, 0.6) is 11.5 Å². The molecular weight excluding hydrogens is 250 g/mol. The zero-order valence-electron chi connectivity index (χ0n) is 10.5. The van der Waals surface area contributed by atoms with E-state index in [1.54, 1.807) is 18.2 Å². The van der Waals surface area contributed by atoms with E-state index in [1.807, 2.05) is 6.92 Å². The van der Waals surface area contributed by atoms with Gasteiger partial charge in [0, 0.05) is 0 Å². The van der Waals surface area contributed by atoms with Crippen LogP contribution in [0.25, 0.3) is 0 Å². The number of ether oxygens (including phenoxy) is 2. The number of hydrogen-bond donors (Lipinski definition) is 2. The fraction of sp³-hybridized carbons (Fsp3) is 0.385. The quantitative estimate of drug-likeness (QED) is 0.800. The van der Waals surface area contributed by atoms with Crippen molar-refractivity contribution in [2.45, 2.75) is 19.4 Å². The molecule has 0 aliphatic carbocycles. The molecule has 0 unspecified atom stereocenters. The van der Waals surface area contributed by atoms with E-state index in [4.69, 9.17) is 14.6 Å². The average molecular weight is 265 g/mol. The van der Waals surface area contributed by atoms with Crippen molar-refractivity contribution < 1.29 is 24.2 Å². The van der Waals surface area contributed by atoms with E-state index in [0.29, 0.717) is 31.1 Å². The van der Waals surface area contributed by atoms with E-state index in [-0.39, 0.29) is 6.04 Å². The van der Waals surface area contributed by atoms with Gasteiger partial charge < -0.3 is 19.9 Å². The van der Waals surface area contributed by atoms with Crippen molar-refractivity contribution in [3.63, 3.8) is 0 Å². The number of carboxylic acid groups (broad SMARTS) is 1. The Morgan fingerprint density at radius 1 is 1.32 bits per heavy atom. The molecule has 19 heavy (non-hydrogen) atoms. The van der Waals surface area contributed by atoms with Crippen LogP contribution in [-0.4, -0.2) is 30.2 Å². The third-order valence-electron chi connectivity index (χ3n) is 2.88. The van der Waals surface area contributed by atoms with Gasteiger partial charge in [-0.3, -0.25) is 4.79 Å². The maximum Gasteiger partial charge on any atom is 0.394 e. The number of hydrogen-bond acceptors (Lipinski definition) is 4. The Hall–Kier alpha value is -2.24. The van der Waals surface area contributed by atoms with Crippen LogP contribution in [0.15, 0.2) is 18.2 Å². The summed E-state index contributed by atoms with van der Waals surface area (Å²) < 4.78 is 10.9. The van der Waals surface area contributed by atoms with Crippen LogP contribution in [0.2, 0.25) is 0 Å². The molecule has 1 heterocycles. The van der Waals surface area contributed by atoms with Crippen LogP contribution in [0.4, 0.5) is 0 Å². The van der Waals surface area contributed by atoms with Crippen molar-refractivity contribution in [3.05, 3.63) is 23.8 Å². The maximum atomic E-state index is 11.2. The van der Waals surface area contributed by atoms with Gasteiger partial charge in [-0.05, 0) is 24.1 Å². The van der Waals surface area contributed by atoms with Gasteiger partial charge in [0.15, 0.2) is 11.5 Å². The topological polar surface area (TPSA) is 84.9 Å². The van der Waals surface area contributed by atoms with E-state index in [2.05, 4.69) is 5.32 Å². The van der Waals surface area contributed by atoms with Crippen molar-refractivity contribution in [2.24, 2.45) is 0 Å². The molecule has 1 aromatic rings. The molecule has 0 saturated heterocycles. The summed E-state index contributed by atoms with van der Waals surface area (Å²) in [5, 5.41) is 11.1. The lowest BCUT2D eigenvalue weighted by molar-refractivity contribution is -0.150. The van der Waals surface area contributed by atoms with Crippen molar-refractivity contribution in [1.29, 1.82) is 0 Å². The molecule has 0 bridgehead atoms. The summed E-state index contributed by atoms with van der Waals surface area (Å²) in [5.41, 5.74) is 0.793. The fourth-order valence-corrected chi connectivity index (χ4v) is 1.92. The Kier molecular flexibility index (Phi) is 3.89. The molecule has 6 nitrogen and oxygen atoms in total. The fourth-order valence-electron chi connectivity index (χ4n) is 1.92. The first-order chi connectivity index (χ1) is 9.11. The van der Waals surface area contributed by atoms with E-state index < -0.39 is 11.9 Å². The first-order valence-electron chi connectivity index (χ1n) is 6.05. The Morgan fingerprint density at radius 2 is 2.00 bits per heavy atom. The first-order valence-corrected chi connectivity index (χ1v) is 6.05. The van der Waals surface area contributed by atoms with Gasteiger partial charge in [0.2, 0.25) is 0 Å². The Balaban J connectivity index is 2.18. The molecule has 0 radical (unpaired) electrons. The minimum Gasteiger partial charge on any atom is -0.486 e. The van der Waals surface area contributed by atoms with Gasteiger partial charge in [-0.15, -0.1) is 0 Å². The molecule has 2 N–H and O–H groups in total. The van der Waals surface area contributed by atoms with Crippen LogP contribution in [0.1, 0.15) is 24.9 Å². The molecule has 102 valence electrons. The van der Waals surface area contributed by atoms with Crippen molar-refractivity contribution in [2.75, 3.05) is 13.2 Å². The molecule has 1 aliphatic rings. The van der Waals surface area contributed by atoms with E-state index in [1.165, 1.54) is 0 Å². The molecule has 0 aromatic heterocycles. The van der Waals surface area contributed by atoms with Crippen molar-refractivity contribution in [3.8, 4) is 11.5 Å². The van der Waals surface area contributed by atoms with Gasteiger partial charge in [0.1, 0.15) is 13.2 Å². The molecule has 0 saturated carbocycles. The van der Waals surface area contributed by atoms with Gasteiger partial charge in [-0.1, -0.05) is 13.0 Å². The van der Waals surface area contributed by atoms with Crippen LogP contribution in [0, 0.1) is 0 Å². The van der Waals surface area contributed by atoms with Crippen LogP contribution < -0.4 is 14.8 Å². The molecule has 1 aliphatic heterocycles. The number of aliphatic carboxylic acids is 1. The Labute approximate surface area is 110 Å². The highest BCUT2D eigenvalue weighted by Crippen LogP contribution is 2.33. The molecule has 6 heteroatoms. The summed E-state index contributed by atoms with van der Waals surface area (Å²) in [4.78, 5) is 21.8. The number of carbonyl (C=O) groups excluding carboxylic acids is 1. The third-order valence-corrected chi connectivity index (χ3v) is 2.88. The normalized spacial score (nSPS) is 14.6. The SMILES string of the molecule is CC[C@H](NC(=O)C(=O)O)c1ccc2c(c1)OCCO2. The lowest BCUT2D eigenvalue weighted by Crippen LogP contribution is -2.33. The summed E-state index contributed by atoms with van der Waals surface area (Å²) in [5.74, 6) is -1.22. The summed E-state index contributed by atoms with van der Waals surface area (Å²) >= 11 is 0. The molecule has 1 atom stereocenters. The van der Waals surface area contributed by atoms with Crippen LogP contribution in [0.3, 0.4) is 0 Å². The number of rotatable bonds is 3. The number of benzene rings is 1. The van der Waals surface area contributed by atoms with E-state index in [0.717, 1.165) is 5.56 Å². The minimum atomic E-state index is -1.49. The summed E-state index contributed by atoms with van der Waals surface area (Å²) in [6.07, 6.45) is 0.582. The zero-order valence-corrected chi connectivity index (χ0v) is 10.5. The highest BCUT2D eigenvalue weighted by molar-refractivity contribution is 6.31. The van der Waals surface area contributed by atoms with Crippen LogP contribution >= 0.6 is 0 Å². The molecular formula is C13H15NO5. The smallest absolute Gasteiger partial charge is 0.394 e. The zero-order chi connectivity index (χ0) is 13.8. The van der Waals surface area contributed by atoms with Crippen LogP contribution in [-0.2, 0) is 9.59 Å². The van der Waals surface area contributed by atoms with E-state index in [9.17, 15) is 9.59 Å². The summed E-state index contributed by atoms with van der Waals surface area (Å²) in [7, 11) is 0. The van der Waals surface area contributed by atoms with E-state index >= 15 is 0 Å². The largest absolute Gasteiger partial charge is 0.486 e. The predicted octanol–water partition coefficient (Wildman–Crippen LogP) is 1.11. The second kappa shape index (κ2) is 5.60. The second-order valence-corrected chi connectivity index (χ2v) is 4.14. The Morgan fingerprint density at radius 3 is 2.63 bits per heavy atom. The average Bonchev–Trinajstić information content (AvgIpc) is 2.43. The van der Waals surface area contributed by atoms with Gasteiger partial charge in [-0.25, -0.2) is 4.79 Å². The van der Waals surface area contributed by atoms with Crippen molar-refractivity contribution in [1.82, 2.24) is 5.32 Å². The van der Waals surface area contributed by atoms with Crippen molar-refractivity contribution >= 4 is 11.9 Å². The predicted molar refractivity (Wildman–Crippen MR) is 66.2 cm³/mol. The number of fused-ring (bicyclic) bond motifs is 1. The summed E-state index contributed by atoms with van der Waals surface area (Å²) in [6.45, 7) is 2.86. The first kappa shape index (κ1) is 13.2. The maximum absolute atomic E-state index is 11.2. The minimum absolute atomic E-state index is 0.362. The number of carbonyl (C=O) groups is 2. The molecule has 1 amide bonds. The van der Waals surface area contributed by atoms with Gasteiger partial charge >= 0.3 is 11.9 Å². The second-order valence-electron chi connectivity index (χ2n) is 4.14. The lowest BCUT2D eigenvalue weighted by atomic mass is 10.0. The number of nitrogens with one attached hydrogen (secondary N) is 1. The molecule has 2 rings (SSSR count). The molecule has 1 aromatic carbocycles. The number of amides is 1. The van der Waals surface area contributed by atoms with Gasteiger partial charge in [0.25, 0.3) is 0 Å². The monoisotopic (exact) mass is 265 g/mol. The standard InChI is InChI=1S/C13H15NO5/c1-2-9(14-12(15)13(16)17)8-3-4-10-11(7-8)19-6-5-18-10/h3-4,7,9H,2,5-6H2,1H3,(H,14,15)(H,16,17)/t9-/m0/s1.